The predicted molar refractivity (Wildman–Crippen MR) is 117 cm³/mol. The van der Waals surface area contributed by atoms with Crippen LogP contribution in [0.25, 0.3) is 11.2 Å². The zero-order valence-electron chi connectivity index (χ0n) is 18.4. The van der Waals surface area contributed by atoms with Crippen molar-refractivity contribution in [1.82, 2.24) is 29.2 Å². The molecule has 0 bridgehead atoms. The number of aryl methyl sites for hydroxylation is 2. The Labute approximate surface area is 203 Å². The average molecular weight is 533 g/mol. The quantitative estimate of drug-likeness (QED) is 0.259. The number of nitrogens with zero attached hydrogens (tertiary/aromatic N) is 5. The van der Waals surface area contributed by atoms with Crippen molar-refractivity contribution in [2.45, 2.75) is 51.4 Å². The number of fused-ring (bicyclic) bond motifs is 1. The maximum Gasteiger partial charge on any atom is 0.389 e. The summed E-state index contributed by atoms with van der Waals surface area (Å²) in [7, 11) is 0. The molecule has 0 atom stereocenters. The Balaban J connectivity index is 1.48. The minimum absolute atomic E-state index is 0.0328. The van der Waals surface area contributed by atoms with Crippen LogP contribution in [0.15, 0.2) is 32.3 Å². The molecule has 0 unspecified atom stereocenters. The van der Waals surface area contributed by atoms with E-state index in [0.29, 0.717) is 0 Å². The third-order valence-electron chi connectivity index (χ3n) is 5.32. The molecule has 1 aromatic carbocycles. The first-order chi connectivity index (χ1) is 17.0. The van der Waals surface area contributed by atoms with E-state index in [1.165, 1.54) is 6.07 Å². The van der Waals surface area contributed by atoms with Crippen molar-refractivity contribution in [3.63, 3.8) is 0 Å². The number of aromatic nitrogens is 6. The molecule has 3 aromatic heterocycles. The zero-order valence-corrected chi connectivity index (χ0v) is 19.2. The van der Waals surface area contributed by atoms with Gasteiger partial charge in [0, 0.05) is 38.4 Å². The molecule has 0 saturated carbocycles. The Morgan fingerprint density at radius 2 is 1.81 bits per heavy atom. The van der Waals surface area contributed by atoms with Gasteiger partial charge in [-0.25, -0.2) is 13.6 Å². The number of aromatic amines is 1. The van der Waals surface area contributed by atoms with Crippen LogP contribution < -0.4 is 11.2 Å². The largest absolute Gasteiger partial charge is 0.389 e. The number of nitrogens with one attached hydrogen (secondary N) is 1. The molecule has 0 spiro atoms. The van der Waals surface area contributed by atoms with Gasteiger partial charge in [0.2, 0.25) is 11.2 Å². The number of rotatable bonds is 9. The average Bonchev–Trinajstić information content (AvgIpc) is 3.40. The molecule has 9 nitrogen and oxygen atoms in total. The maximum absolute atomic E-state index is 13.8. The molecular weight excluding hydrogens is 515 g/mol. The Morgan fingerprint density at radius 3 is 2.53 bits per heavy atom. The monoisotopic (exact) mass is 532 g/mol. The van der Waals surface area contributed by atoms with Gasteiger partial charge in [-0.15, -0.1) is 0 Å². The van der Waals surface area contributed by atoms with Crippen molar-refractivity contribution in [3.05, 3.63) is 73.2 Å². The molecule has 0 saturated heterocycles. The Hall–Kier alpha value is -3.55. The van der Waals surface area contributed by atoms with Gasteiger partial charge < -0.3 is 9.51 Å². The Kier molecular flexibility index (Phi) is 7.24. The summed E-state index contributed by atoms with van der Waals surface area (Å²) in [5.74, 6) is -1.14. The van der Waals surface area contributed by atoms with Crippen molar-refractivity contribution in [1.29, 1.82) is 0 Å². The lowest BCUT2D eigenvalue weighted by molar-refractivity contribution is -0.135. The number of H-pyrrole nitrogens is 1. The SMILES string of the molecule is O=c1c2[nH]c(Cl)nc2n(CCCC(F)(F)F)c(=O)n1CCCc1nc(Cc2ccc(F)cc2F)no1. The van der Waals surface area contributed by atoms with Crippen LogP contribution >= 0.6 is 11.6 Å². The zero-order chi connectivity index (χ0) is 26.0. The van der Waals surface area contributed by atoms with Crippen molar-refractivity contribution in [2.24, 2.45) is 0 Å². The fourth-order valence-electron chi connectivity index (χ4n) is 3.66. The van der Waals surface area contributed by atoms with Crippen LogP contribution in [-0.4, -0.2) is 35.4 Å². The highest BCUT2D eigenvalue weighted by molar-refractivity contribution is 6.28. The molecule has 0 aliphatic carbocycles. The highest BCUT2D eigenvalue weighted by Gasteiger charge is 2.27. The van der Waals surface area contributed by atoms with Gasteiger partial charge in [0.15, 0.2) is 17.0 Å². The molecule has 0 fully saturated rings. The fourth-order valence-corrected chi connectivity index (χ4v) is 3.84. The summed E-state index contributed by atoms with van der Waals surface area (Å²) < 4.78 is 71.5. The molecule has 3 heterocycles. The molecule has 0 amide bonds. The van der Waals surface area contributed by atoms with E-state index in [-0.39, 0.29) is 72.5 Å². The molecule has 36 heavy (non-hydrogen) atoms. The summed E-state index contributed by atoms with van der Waals surface area (Å²) in [5.41, 5.74) is -1.60. The van der Waals surface area contributed by atoms with Crippen LogP contribution in [0.3, 0.4) is 0 Å². The van der Waals surface area contributed by atoms with Crippen molar-refractivity contribution >= 4 is 22.8 Å². The molecule has 192 valence electrons. The lowest BCUT2D eigenvalue weighted by Gasteiger charge is -2.11. The highest BCUT2D eigenvalue weighted by Crippen LogP contribution is 2.22. The van der Waals surface area contributed by atoms with E-state index < -0.39 is 35.5 Å². The van der Waals surface area contributed by atoms with Crippen molar-refractivity contribution < 1.29 is 26.5 Å². The summed E-state index contributed by atoms with van der Waals surface area (Å²) in [6.45, 7) is -0.420. The van der Waals surface area contributed by atoms with E-state index in [1.54, 1.807) is 0 Å². The van der Waals surface area contributed by atoms with E-state index >= 15 is 0 Å². The lowest BCUT2D eigenvalue weighted by atomic mass is 10.1. The summed E-state index contributed by atoms with van der Waals surface area (Å²) >= 11 is 5.82. The predicted octanol–water partition coefficient (Wildman–Crippen LogP) is 3.77. The number of benzene rings is 1. The Morgan fingerprint density at radius 1 is 1.06 bits per heavy atom. The molecule has 15 heteroatoms. The first-order valence-electron chi connectivity index (χ1n) is 10.7. The van der Waals surface area contributed by atoms with Crippen molar-refractivity contribution in [3.8, 4) is 0 Å². The van der Waals surface area contributed by atoms with E-state index in [2.05, 4.69) is 20.1 Å². The van der Waals surface area contributed by atoms with E-state index in [0.717, 1.165) is 21.3 Å². The van der Waals surface area contributed by atoms with Crippen LogP contribution in [0, 0.1) is 11.6 Å². The highest BCUT2D eigenvalue weighted by atomic mass is 35.5. The Bertz CT molecular complexity index is 1510. The number of alkyl halides is 3. The summed E-state index contributed by atoms with van der Waals surface area (Å²) in [5, 5.41) is 3.57. The number of hydrogen-bond acceptors (Lipinski definition) is 6. The van der Waals surface area contributed by atoms with E-state index in [4.69, 9.17) is 16.1 Å². The second-order valence-electron chi connectivity index (χ2n) is 7.96. The minimum Gasteiger partial charge on any atom is -0.339 e. The van der Waals surface area contributed by atoms with Crippen LogP contribution in [0.4, 0.5) is 22.0 Å². The smallest absolute Gasteiger partial charge is 0.339 e. The van der Waals surface area contributed by atoms with Crippen LogP contribution in [0.2, 0.25) is 5.28 Å². The molecular formula is C21H18ClF5N6O3. The lowest BCUT2D eigenvalue weighted by Crippen LogP contribution is -2.40. The first-order valence-corrected chi connectivity index (χ1v) is 11.1. The molecule has 1 N–H and O–H groups in total. The van der Waals surface area contributed by atoms with Crippen LogP contribution in [-0.2, 0) is 25.9 Å². The van der Waals surface area contributed by atoms with Gasteiger partial charge in [0.25, 0.3) is 5.56 Å². The maximum atomic E-state index is 13.8. The fraction of sp³-hybridized carbons (Fsp3) is 0.381. The van der Waals surface area contributed by atoms with E-state index in [9.17, 15) is 31.5 Å². The summed E-state index contributed by atoms with van der Waals surface area (Å²) in [6, 6.07) is 3.12. The third kappa shape index (κ3) is 5.80. The van der Waals surface area contributed by atoms with Gasteiger partial charge in [-0.2, -0.15) is 23.1 Å². The summed E-state index contributed by atoms with van der Waals surface area (Å²) in [4.78, 5) is 36.2. The first kappa shape index (κ1) is 25.5. The number of imidazole rings is 1. The van der Waals surface area contributed by atoms with Gasteiger partial charge in [-0.3, -0.25) is 13.9 Å². The molecule has 0 aliphatic rings. The standard InChI is InChI=1S/C21H18ClF5N6O3/c22-19-29-16-17(30-19)32(8-2-6-21(25,26)27)20(35)33(18(16)34)7-1-3-15-28-14(31-36-15)9-11-4-5-12(23)10-13(11)24/h4-5,10H,1-3,6-9H2,(H,29,30). The van der Waals surface area contributed by atoms with Gasteiger partial charge in [0.1, 0.15) is 11.6 Å². The van der Waals surface area contributed by atoms with Gasteiger partial charge in [0.05, 0.1) is 0 Å². The number of halogens is 6. The topological polar surface area (TPSA) is 112 Å². The molecule has 4 rings (SSSR count). The second kappa shape index (κ2) is 10.2. The summed E-state index contributed by atoms with van der Waals surface area (Å²) in [6.07, 6.45) is -5.58. The second-order valence-corrected chi connectivity index (χ2v) is 8.31. The van der Waals surface area contributed by atoms with Crippen LogP contribution in [0.5, 0.6) is 0 Å². The van der Waals surface area contributed by atoms with Crippen LogP contribution in [0.1, 0.15) is 36.5 Å². The number of hydrogen-bond donors (Lipinski definition) is 1. The van der Waals surface area contributed by atoms with Crippen molar-refractivity contribution in [2.75, 3.05) is 0 Å². The minimum atomic E-state index is -4.40. The van der Waals surface area contributed by atoms with Gasteiger partial charge in [-0.05, 0) is 36.1 Å². The molecule has 0 aliphatic heterocycles. The van der Waals surface area contributed by atoms with E-state index in [1.807, 2.05) is 0 Å². The molecule has 4 aromatic rings. The molecule has 0 radical (unpaired) electrons. The van der Waals surface area contributed by atoms with Gasteiger partial charge in [-0.1, -0.05) is 11.2 Å². The third-order valence-corrected chi connectivity index (χ3v) is 5.50. The van der Waals surface area contributed by atoms with Gasteiger partial charge >= 0.3 is 11.9 Å². The normalized spacial score (nSPS) is 12.1.